The Balaban J connectivity index is 1.59. The van der Waals surface area contributed by atoms with Crippen LogP contribution in [-0.2, 0) is 26.0 Å². The second-order valence-electron chi connectivity index (χ2n) is 7.03. The van der Waals surface area contributed by atoms with E-state index in [-0.39, 0.29) is 34.1 Å². The standard InChI is InChI=1S/C21H24N2O5S2/c1-14-11-21(25)23-18-12-17(7-8-19(18)29-14)30(26,27)10-9-20(24)22-13-15-3-5-16(28-2)6-4-15/h3-8,12,14H,9-11,13H2,1-2H3,(H,22,24)(H,23,25)/t14-/m1/s1. The molecule has 0 aromatic heterocycles. The Bertz CT molecular complexity index is 1040. The van der Waals surface area contributed by atoms with Gasteiger partial charge in [0.15, 0.2) is 9.84 Å². The van der Waals surface area contributed by atoms with E-state index in [2.05, 4.69) is 10.6 Å². The Morgan fingerprint density at radius 1 is 1.23 bits per heavy atom. The molecule has 2 N–H and O–H groups in total. The molecule has 7 nitrogen and oxygen atoms in total. The van der Waals surface area contributed by atoms with Gasteiger partial charge in [0.25, 0.3) is 0 Å². The van der Waals surface area contributed by atoms with Crippen molar-refractivity contribution in [3.05, 3.63) is 48.0 Å². The first kappa shape index (κ1) is 22.2. The number of benzene rings is 2. The highest BCUT2D eigenvalue weighted by atomic mass is 32.2. The second kappa shape index (κ2) is 9.53. The Kier molecular flexibility index (Phi) is 7.04. The summed E-state index contributed by atoms with van der Waals surface area (Å²) in [7, 11) is -2.08. The molecule has 2 aromatic rings. The number of carbonyl (C=O) groups excluding carboxylic acids is 2. The summed E-state index contributed by atoms with van der Waals surface area (Å²) in [6.07, 6.45) is 0.226. The van der Waals surface area contributed by atoms with Crippen LogP contribution in [0.25, 0.3) is 0 Å². The minimum Gasteiger partial charge on any atom is -0.497 e. The van der Waals surface area contributed by atoms with E-state index in [9.17, 15) is 18.0 Å². The molecular weight excluding hydrogens is 424 g/mol. The van der Waals surface area contributed by atoms with Gasteiger partial charge in [0.05, 0.1) is 23.4 Å². The Hall–Kier alpha value is -2.52. The molecular formula is C21H24N2O5S2. The summed E-state index contributed by atoms with van der Waals surface area (Å²) < 4.78 is 30.5. The van der Waals surface area contributed by atoms with Crippen molar-refractivity contribution in [2.45, 2.75) is 41.4 Å². The van der Waals surface area contributed by atoms with Crippen LogP contribution >= 0.6 is 11.8 Å². The highest BCUT2D eigenvalue weighted by Gasteiger charge is 2.22. The fraction of sp³-hybridized carbons (Fsp3) is 0.333. The summed E-state index contributed by atoms with van der Waals surface area (Å²) in [5, 5.41) is 5.60. The van der Waals surface area contributed by atoms with Crippen molar-refractivity contribution in [1.29, 1.82) is 0 Å². The minimum absolute atomic E-state index is 0.0969. The molecule has 1 aliphatic heterocycles. The van der Waals surface area contributed by atoms with Gasteiger partial charge >= 0.3 is 0 Å². The number of sulfone groups is 1. The van der Waals surface area contributed by atoms with Gasteiger partial charge in [-0.2, -0.15) is 0 Å². The maximum Gasteiger partial charge on any atom is 0.225 e. The van der Waals surface area contributed by atoms with E-state index >= 15 is 0 Å². The Labute approximate surface area is 180 Å². The summed E-state index contributed by atoms with van der Waals surface area (Å²) in [5.41, 5.74) is 1.39. The normalized spacial score (nSPS) is 16.2. The molecule has 0 unspecified atom stereocenters. The van der Waals surface area contributed by atoms with E-state index in [0.717, 1.165) is 16.2 Å². The van der Waals surface area contributed by atoms with Crippen molar-refractivity contribution in [3.8, 4) is 5.75 Å². The maximum absolute atomic E-state index is 12.7. The number of methoxy groups -OCH3 is 1. The molecule has 1 atom stereocenters. The van der Waals surface area contributed by atoms with Gasteiger partial charge in [-0.15, -0.1) is 11.8 Å². The zero-order valence-electron chi connectivity index (χ0n) is 16.8. The molecule has 0 fully saturated rings. The molecule has 0 spiro atoms. The van der Waals surface area contributed by atoms with Crippen molar-refractivity contribution in [1.82, 2.24) is 5.32 Å². The molecule has 0 bridgehead atoms. The SMILES string of the molecule is COc1ccc(CNC(=O)CCS(=O)(=O)c2ccc3c(c2)NC(=O)C[C@@H](C)S3)cc1. The Morgan fingerprint density at radius 3 is 2.67 bits per heavy atom. The van der Waals surface area contributed by atoms with Crippen LogP contribution in [0.3, 0.4) is 0 Å². The number of anilines is 1. The van der Waals surface area contributed by atoms with Crippen molar-refractivity contribution in [3.63, 3.8) is 0 Å². The van der Waals surface area contributed by atoms with Gasteiger partial charge in [-0.1, -0.05) is 19.1 Å². The third-order valence-electron chi connectivity index (χ3n) is 4.63. The molecule has 1 aliphatic rings. The average molecular weight is 449 g/mol. The van der Waals surface area contributed by atoms with Gasteiger partial charge in [0.2, 0.25) is 11.8 Å². The number of fused-ring (bicyclic) bond motifs is 1. The predicted octanol–water partition coefficient (Wildman–Crippen LogP) is 3.00. The molecule has 1 heterocycles. The lowest BCUT2D eigenvalue weighted by molar-refractivity contribution is -0.121. The van der Waals surface area contributed by atoms with Gasteiger partial charge in [-0.05, 0) is 35.9 Å². The van der Waals surface area contributed by atoms with E-state index in [1.807, 2.05) is 19.1 Å². The van der Waals surface area contributed by atoms with Crippen LogP contribution in [0, 0.1) is 0 Å². The quantitative estimate of drug-likeness (QED) is 0.675. The van der Waals surface area contributed by atoms with E-state index in [1.165, 1.54) is 23.9 Å². The number of hydrogen-bond acceptors (Lipinski definition) is 6. The van der Waals surface area contributed by atoms with Crippen LogP contribution in [0.4, 0.5) is 5.69 Å². The highest BCUT2D eigenvalue weighted by molar-refractivity contribution is 8.00. The summed E-state index contributed by atoms with van der Waals surface area (Å²) >= 11 is 1.53. The third-order valence-corrected chi connectivity index (χ3v) is 7.52. The van der Waals surface area contributed by atoms with Gasteiger partial charge in [-0.25, -0.2) is 8.42 Å². The molecule has 0 radical (unpaired) electrons. The van der Waals surface area contributed by atoms with Crippen LogP contribution in [-0.4, -0.2) is 38.3 Å². The van der Waals surface area contributed by atoms with E-state index < -0.39 is 9.84 Å². The number of hydrogen-bond donors (Lipinski definition) is 2. The molecule has 0 aliphatic carbocycles. The zero-order chi connectivity index (χ0) is 21.7. The molecule has 0 saturated carbocycles. The molecule has 2 aromatic carbocycles. The fourth-order valence-corrected chi connectivity index (χ4v) is 5.32. The minimum atomic E-state index is -3.66. The summed E-state index contributed by atoms with van der Waals surface area (Å²) in [6, 6.07) is 12.0. The lowest BCUT2D eigenvalue weighted by Gasteiger charge is -2.11. The zero-order valence-corrected chi connectivity index (χ0v) is 18.4. The predicted molar refractivity (Wildman–Crippen MR) is 117 cm³/mol. The number of carbonyl (C=O) groups is 2. The highest BCUT2D eigenvalue weighted by Crippen LogP contribution is 2.36. The van der Waals surface area contributed by atoms with Crippen LogP contribution < -0.4 is 15.4 Å². The van der Waals surface area contributed by atoms with Crippen molar-refractivity contribution < 1.29 is 22.7 Å². The van der Waals surface area contributed by atoms with E-state index in [1.54, 1.807) is 25.3 Å². The van der Waals surface area contributed by atoms with Gasteiger partial charge in [-0.3, -0.25) is 9.59 Å². The monoisotopic (exact) mass is 448 g/mol. The maximum atomic E-state index is 12.7. The number of rotatable bonds is 7. The molecule has 160 valence electrons. The third kappa shape index (κ3) is 5.76. The first-order chi connectivity index (χ1) is 14.3. The van der Waals surface area contributed by atoms with Crippen molar-refractivity contribution in [2.24, 2.45) is 0 Å². The van der Waals surface area contributed by atoms with Crippen LogP contribution in [0.5, 0.6) is 5.75 Å². The average Bonchev–Trinajstić information content (AvgIpc) is 2.86. The van der Waals surface area contributed by atoms with Crippen LogP contribution in [0.1, 0.15) is 25.3 Å². The van der Waals surface area contributed by atoms with Crippen LogP contribution in [0.15, 0.2) is 52.3 Å². The largest absolute Gasteiger partial charge is 0.497 e. The second-order valence-corrected chi connectivity index (χ2v) is 10.6. The molecule has 2 amide bonds. The first-order valence-electron chi connectivity index (χ1n) is 9.50. The topological polar surface area (TPSA) is 102 Å². The fourth-order valence-electron chi connectivity index (χ4n) is 3.00. The van der Waals surface area contributed by atoms with Gasteiger partial charge in [0, 0.05) is 29.5 Å². The Morgan fingerprint density at radius 2 is 1.97 bits per heavy atom. The van der Waals surface area contributed by atoms with Crippen LogP contribution in [0.2, 0.25) is 0 Å². The van der Waals surface area contributed by atoms with Gasteiger partial charge in [0.1, 0.15) is 5.75 Å². The van der Waals surface area contributed by atoms with Crippen molar-refractivity contribution >= 4 is 39.1 Å². The summed E-state index contributed by atoms with van der Waals surface area (Å²) in [4.78, 5) is 25.0. The lowest BCUT2D eigenvalue weighted by atomic mass is 10.2. The number of amides is 2. The summed E-state index contributed by atoms with van der Waals surface area (Å²) in [5.74, 6) is -0.0680. The van der Waals surface area contributed by atoms with E-state index in [4.69, 9.17) is 4.74 Å². The van der Waals surface area contributed by atoms with E-state index in [0.29, 0.717) is 18.7 Å². The van der Waals surface area contributed by atoms with Gasteiger partial charge < -0.3 is 15.4 Å². The molecule has 30 heavy (non-hydrogen) atoms. The first-order valence-corrected chi connectivity index (χ1v) is 12.0. The number of ether oxygens (including phenoxy) is 1. The van der Waals surface area contributed by atoms with Crippen molar-refractivity contribution in [2.75, 3.05) is 18.2 Å². The smallest absolute Gasteiger partial charge is 0.225 e. The lowest BCUT2D eigenvalue weighted by Crippen LogP contribution is -2.25. The summed E-state index contributed by atoms with van der Waals surface area (Å²) in [6.45, 7) is 2.26. The molecule has 9 heteroatoms. The number of nitrogens with one attached hydrogen (secondary N) is 2. The molecule has 3 rings (SSSR count). The molecule has 0 saturated heterocycles. The number of thioether (sulfide) groups is 1.